The molecule has 6 heteroatoms. The molecule has 1 amide bonds. The van der Waals surface area contributed by atoms with E-state index < -0.39 is 6.10 Å². The summed E-state index contributed by atoms with van der Waals surface area (Å²) in [5.41, 5.74) is 1.32. The van der Waals surface area contributed by atoms with E-state index in [9.17, 15) is 4.79 Å². The third-order valence-electron chi connectivity index (χ3n) is 3.72. The molecule has 0 aliphatic rings. The summed E-state index contributed by atoms with van der Waals surface area (Å²) in [7, 11) is 1.58. The fourth-order valence-corrected chi connectivity index (χ4v) is 2.62. The van der Waals surface area contributed by atoms with Gasteiger partial charge in [-0.3, -0.25) is 9.78 Å². The highest BCUT2D eigenvalue weighted by molar-refractivity contribution is 6.32. The molecule has 3 aromatic rings. The quantitative estimate of drug-likeness (QED) is 0.740. The predicted octanol–water partition coefficient (Wildman–Crippen LogP) is 4.30. The maximum absolute atomic E-state index is 12.5. The van der Waals surface area contributed by atoms with Crippen LogP contribution in [-0.4, -0.2) is 24.1 Å². The zero-order valence-electron chi connectivity index (χ0n) is 13.8. The molecule has 128 valence electrons. The van der Waals surface area contributed by atoms with Crippen LogP contribution in [0.5, 0.6) is 11.5 Å². The minimum atomic E-state index is -0.714. The number of methoxy groups -OCH3 is 1. The summed E-state index contributed by atoms with van der Waals surface area (Å²) in [6.45, 7) is 1.67. The summed E-state index contributed by atoms with van der Waals surface area (Å²) >= 11 is 6.07. The van der Waals surface area contributed by atoms with E-state index in [-0.39, 0.29) is 5.91 Å². The molecule has 1 N–H and O–H groups in total. The minimum absolute atomic E-state index is 0.282. The Hall–Kier alpha value is -2.79. The summed E-state index contributed by atoms with van der Waals surface area (Å²) in [6.07, 6.45) is 0.966. The summed E-state index contributed by atoms with van der Waals surface area (Å²) in [4.78, 5) is 16.8. The summed E-state index contributed by atoms with van der Waals surface area (Å²) in [6, 6.07) is 14.3. The maximum atomic E-state index is 12.5. The van der Waals surface area contributed by atoms with Crippen LogP contribution in [0.3, 0.4) is 0 Å². The van der Waals surface area contributed by atoms with E-state index >= 15 is 0 Å². The molecule has 1 atom stereocenters. The third-order valence-corrected chi connectivity index (χ3v) is 4.03. The fourth-order valence-electron chi connectivity index (χ4n) is 2.44. The van der Waals surface area contributed by atoms with Crippen molar-refractivity contribution in [1.29, 1.82) is 0 Å². The minimum Gasteiger partial charge on any atom is -0.494 e. The van der Waals surface area contributed by atoms with Crippen LogP contribution in [0.2, 0.25) is 5.02 Å². The van der Waals surface area contributed by atoms with E-state index in [1.165, 1.54) is 0 Å². The van der Waals surface area contributed by atoms with E-state index in [2.05, 4.69) is 10.3 Å². The van der Waals surface area contributed by atoms with Crippen molar-refractivity contribution in [2.45, 2.75) is 13.0 Å². The van der Waals surface area contributed by atoms with Gasteiger partial charge in [0.15, 0.2) is 6.10 Å². The van der Waals surface area contributed by atoms with E-state index in [1.54, 1.807) is 62.7 Å². The molecule has 0 spiro atoms. The second-order valence-corrected chi connectivity index (χ2v) is 5.80. The molecular weight excluding hydrogens is 340 g/mol. The van der Waals surface area contributed by atoms with Crippen LogP contribution in [-0.2, 0) is 4.79 Å². The number of carbonyl (C=O) groups is 1. The van der Waals surface area contributed by atoms with Gasteiger partial charge >= 0.3 is 0 Å². The number of fused-ring (bicyclic) bond motifs is 1. The van der Waals surface area contributed by atoms with Crippen LogP contribution >= 0.6 is 11.6 Å². The Morgan fingerprint density at radius 1 is 1.12 bits per heavy atom. The summed E-state index contributed by atoms with van der Waals surface area (Å²) in [5.74, 6) is 0.831. The van der Waals surface area contributed by atoms with Crippen molar-refractivity contribution in [1.82, 2.24) is 4.98 Å². The van der Waals surface area contributed by atoms with Crippen molar-refractivity contribution in [2.24, 2.45) is 0 Å². The number of halogens is 1. The van der Waals surface area contributed by atoms with Crippen LogP contribution in [0, 0.1) is 0 Å². The molecule has 5 nitrogen and oxygen atoms in total. The monoisotopic (exact) mass is 356 g/mol. The number of nitrogens with one attached hydrogen (secondary N) is 1. The Morgan fingerprint density at radius 2 is 1.92 bits per heavy atom. The second-order valence-electron chi connectivity index (χ2n) is 5.39. The number of carbonyl (C=O) groups excluding carboxylic acids is 1. The molecule has 0 aliphatic carbocycles. The van der Waals surface area contributed by atoms with Gasteiger partial charge in [0.05, 0.1) is 17.8 Å². The molecule has 25 heavy (non-hydrogen) atoms. The van der Waals surface area contributed by atoms with Gasteiger partial charge in [-0.05, 0) is 43.3 Å². The average Bonchev–Trinajstić information content (AvgIpc) is 2.63. The first-order chi connectivity index (χ1) is 12.1. The topological polar surface area (TPSA) is 60.5 Å². The molecule has 1 heterocycles. The molecule has 1 aromatic heterocycles. The number of para-hydroxylation sites is 1. The van der Waals surface area contributed by atoms with Gasteiger partial charge in [-0.25, -0.2) is 0 Å². The molecule has 0 unspecified atom stereocenters. The van der Waals surface area contributed by atoms with Crippen LogP contribution in [0.15, 0.2) is 54.7 Å². The standard InChI is InChI=1S/C19H17ClN2O3/c1-12(25-16-8-4-3-7-14(16)20)19(23)22-15-9-10-17(24-2)18-13(15)6-5-11-21-18/h3-12H,1-2H3,(H,22,23)/t12-/m1/s1. The van der Waals surface area contributed by atoms with E-state index in [0.29, 0.717) is 27.7 Å². The van der Waals surface area contributed by atoms with Crippen LogP contribution < -0.4 is 14.8 Å². The highest BCUT2D eigenvalue weighted by Gasteiger charge is 2.18. The molecule has 0 bridgehead atoms. The molecule has 3 rings (SSSR count). The number of anilines is 1. The number of pyridine rings is 1. The lowest BCUT2D eigenvalue weighted by molar-refractivity contribution is -0.122. The van der Waals surface area contributed by atoms with Gasteiger partial charge in [0, 0.05) is 11.6 Å². The largest absolute Gasteiger partial charge is 0.494 e. The molecule has 0 aliphatic heterocycles. The van der Waals surface area contributed by atoms with E-state index in [1.807, 2.05) is 6.07 Å². The molecule has 0 fully saturated rings. The number of hydrogen-bond donors (Lipinski definition) is 1. The van der Waals surface area contributed by atoms with Crippen molar-refractivity contribution in [2.75, 3.05) is 12.4 Å². The Labute approximate surface area is 150 Å². The van der Waals surface area contributed by atoms with Gasteiger partial charge in [0.2, 0.25) is 0 Å². The van der Waals surface area contributed by atoms with Crippen molar-refractivity contribution in [3.05, 3.63) is 59.8 Å². The number of rotatable bonds is 5. The van der Waals surface area contributed by atoms with Crippen molar-refractivity contribution in [3.8, 4) is 11.5 Å². The Morgan fingerprint density at radius 3 is 2.68 bits per heavy atom. The highest BCUT2D eigenvalue weighted by Crippen LogP contribution is 2.30. The molecule has 2 aromatic carbocycles. The lowest BCUT2D eigenvalue weighted by Gasteiger charge is -2.17. The number of amides is 1. The van der Waals surface area contributed by atoms with Gasteiger partial charge in [-0.2, -0.15) is 0 Å². The molecule has 0 saturated carbocycles. The van der Waals surface area contributed by atoms with Crippen molar-refractivity contribution in [3.63, 3.8) is 0 Å². The van der Waals surface area contributed by atoms with E-state index in [4.69, 9.17) is 21.1 Å². The zero-order valence-corrected chi connectivity index (χ0v) is 14.6. The number of hydrogen-bond acceptors (Lipinski definition) is 4. The number of ether oxygens (including phenoxy) is 2. The Balaban J connectivity index is 1.81. The highest BCUT2D eigenvalue weighted by atomic mass is 35.5. The number of nitrogens with zero attached hydrogens (tertiary/aromatic N) is 1. The van der Waals surface area contributed by atoms with Gasteiger partial charge in [-0.1, -0.05) is 23.7 Å². The van der Waals surface area contributed by atoms with Crippen molar-refractivity contribution < 1.29 is 14.3 Å². The van der Waals surface area contributed by atoms with Crippen LogP contribution in [0.1, 0.15) is 6.92 Å². The van der Waals surface area contributed by atoms with Gasteiger partial charge in [-0.15, -0.1) is 0 Å². The lowest BCUT2D eigenvalue weighted by Crippen LogP contribution is -2.30. The number of benzene rings is 2. The number of aromatic nitrogens is 1. The fraction of sp³-hybridized carbons (Fsp3) is 0.158. The van der Waals surface area contributed by atoms with Crippen LogP contribution in [0.4, 0.5) is 5.69 Å². The summed E-state index contributed by atoms with van der Waals surface area (Å²) in [5, 5.41) is 4.12. The van der Waals surface area contributed by atoms with Gasteiger partial charge < -0.3 is 14.8 Å². The van der Waals surface area contributed by atoms with Gasteiger partial charge in [0.25, 0.3) is 5.91 Å². The van der Waals surface area contributed by atoms with Crippen LogP contribution in [0.25, 0.3) is 10.9 Å². The normalized spacial score (nSPS) is 11.8. The maximum Gasteiger partial charge on any atom is 0.265 e. The molecule has 0 saturated heterocycles. The first kappa shape index (κ1) is 17.0. The average molecular weight is 357 g/mol. The SMILES string of the molecule is COc1ccc(NC(=O)[C@@H](C)Oc2ccccc2Cl)c2cccnc12. The molecule has 0 radical (unpaired) electrons. The third kappa shape index (κ3) is 3.67. The first-order valence-corrected chi connectivity index (χ1v) is 8.11. The van der Waals surface area contributed by atoms with Crippen molar-refractivity contribution >= 4 is 34.1 Å². The Kier molecular flexibility index (Phi) is 5.05. The van der Waals surface area contributed by atoms with E-state index in [0.717, 1.165) is 5.39 Å². The smallest absolute Gasteiger partial charge is 0.265 e. The Bertz CT molecular complexity index is 914. The molecular formula is C19H17ClN2O3. The second kappa shape index (κ2) is 7.40. The van der Waals surface area contributed by atoms with Gasteiger partial charge in [0.1, 0.15) is 17.0 Å². The lowest BCUT2D eigenvalue weighted by atomic mass is 10.1. The predicted molar refractivity (Wildman–Crippen MR) is 98.5 cm³/mol. The zero-order chi connectivity index (χ0) is 17.8. The summed E-state index contributed by atoms with van der Waals surface area (Å²) < 4.78 is 11.0. The first-order valence-electron chi connectivity index (χ1n) is 7.74.